The third kappa shape index (κ3) is 3.85. The molecule has 6 heteroatoms. The van der Waals surface area contributed by atoms with E-state index in [1.807, 2.05) is 12.1 Å². The number of benzene rings is 1. The van der Waals surface area contributed by atoms with Crippen LogP contribution in [0.2, 0.25) is 0 Å². The van der Waals surface area contributed by atoms with Crippen LogP contribution < -0.4 is 20.9 Å². The fraction of sp³-hybridized carbons (Fsp3) is 0.500. The van der Waals surface area contributed by atoms with Gasteiger partial charge < -0.3 is 9.64 Å². The minimum absolute atomic E-state index is 0.111. The van der Waals surface area contributed by atoms with E-state index in [4.69, 9.17) is 10.6 Å². The summed E-state index contributed by atoms with van der Waals surface area (Å²) in [5.41, 5.74) is 3.35. The van der Waals surface area contributed by atoms with E-state index in [0.717, 1.165) is 38.5 Å². The van der Waals surface area contributed by atoms with Crippen LogP contribution in [0.15, 0.2) is 24.3 Å². The van der Waals surface area contributed by atoms with Gasteiger partial charge in [0.15, 0.2) is 0 Å². The first-order valence-corrected chi connectivity index (χ1v) is 6.83. The van der Waals surface area contributed by atoms with Gasteiger partial charge in [0.25, 0.3) is 0 Å². The molecule has 0 aliphatic carbocycles. The lowest BCUT2D eigenvalue weighted by Crippen LogP contribution is -2.47. The highest BCUT2D eigenvalue weighted by Crippen LogP contribution is 2.22. The number of hydrazine groups is 1. The maximum atomic E-state index is 11.1. The van der Waals surface area contributed by atoms with E-state index in [0.29, 0.717) is 6.42 Å². The molecule has 1 aliphatic heterocycles. The van der Waals surface area contributed by atoms with Gasteiger partial charge in [-0.15, -0.1) is 0 Å². The number of hydrogen-bond acceptors (Lipinski definition) is 5. The van der Waals surface area contributed by atoms with E-state index >= 15 is 0 Å². The number of ether oxygens (including phenoxy) is 1. The lowest BCUT2D eigenvalue weighted by molar-refractivity contribution is -0.121. The van der Waals surface area contributed by atoms with Crippen molar-refractivity contribution in [1.29, 1.82) is 0 Å². The van der Waals surface area contributed by atoms with E-state index in [1.54, 1.807) is 7.11 Å². The summed E-state index contributed by atoms with van der Waals surface area (Å²) in [6, 6.07) is 8.11. The number of anilines is 1. The summed E-state index contributed by atoms with van der Waals surface area (Å²) in [7, 11) is 1.68. The SMILES string of the molecule is COc1cccc(N2CCN(CCC(=O)NN)CC2)c1. The summed E-state index contributed by atoms with van der Waals surface area (Å²) >= 11 is 0. The molecule has 0 spiro atoms. The first-order chi connectivity index (χ1) is 9.72. The molecule has 3 N–H and O–H groups in total. The number of rotatable bonds is 5. The van der Waals surface area contributed by atoms with Crippen LogP contribution in [0.25, 0.3) is 0 Å². The Labute approximate surface area is 119 Å². The Hall–Kier alpha value is -1.79. The molecular formula is C14H22N4O2. The number of nitrogens with one attached hydrogen (secondary N) is 1. The number of nitrogens with two attached hydrogens (primary N) is 1. The van der Waals surface area contributed by atoms with Gasteiger partial charge in [0.1, 0.15) is 5.75 Å². The minimum Gasteiger partial charge on any atom is -0.497 e. The number of carbonyl (C=O) groups excluding carboxylic acids is 1. The first-order valence-electron chi connectivity index (χ1n) is 6.83. The van der Waals surface area contributed by atoms with Crippen LogP contribution in [0.1, 0.15) is 6.42 Å². The first kappa shape index (κ1) is 14.6. The van der Waals surface area contributed by atoms with Crippen molar-refractivity contribution >= 4 is 11.6 Å². The summed E-state index contributed by atoms with van der Waals surface area (Å²) < 4.78 is 5.25. The second-order valence-electron chi connectivity index (χ2n) is 4.85. The lowest BCUT2D eigenvalue weighted by atomic mass is 10.2. The summed E-state index contributed by atoms with van der Waals surface area (Å²) in [5, 5.41) is 0. The number of nitrogens with zero attached hydrogens (tertiary/aromatic N) is 2. The zero-order valence-electron chi connectivity index (χ0n) is 11.8. The van der Waals surface area contributed by atoms with Crippen LogP contribution in [0.4, 0.5) is 5.69 Å². The van der Waals surface area contributed by atoms with E-state index < -0.39 is 0 Å². The van der Waals surface area contributed by atoms with Crippen molar-refractivity contribution in [3.63, 3.8) is 0 Å². The van der Waals surface area contributed by atoms with Gasteiger partial charge in [-0.25, -0.2) is 5.84 Å². The van der Waals surface area contributed by atoms with Crippen LogP contribution in [0.3, 0.4) is 0 Å². The molecule has 0 saturated carbocycles. The fourth-order valence-electron chi connectivity index (χ4n) is 2.37. The third-order valence-electron chi connectivity index (χ3n) is 3.61. The maximum absolute atomic E-state index is 11.1. The van der Waals surface area contributed by atoms with Crippen molar-refractivity contribution in [3.8, 4) is 5.75 Å². The van der Waals surface area contributed by atoms with E-state index in [1.165, 1.54) is 5.69 Å². The zero-order valence-corrected chi connectivity index (χ0v) is 11.8. The molecule has 1 aliphatic rings. The molecule has 1 fully saturated rings. The normalized spacial score (nSPS) is 16.0. The van der Waals surface area contributed by atoms with Gasteiger partial charge in [-0.1, -0.05) is 6.07 Å². The summed E-state index contributed by atoms with van der Waals surface area (Å²) in [6.07, 6.45) is 0.454. The van der Waals surface area contributed by atoms with E-state index in [9.17, 15) is 4.79 Å². The van der Waals surface area contributed by atoms with Crippen LogP contribution >= 0.6 is 0 Å². The van der Waals surface area contributed by atoms with Crippen LogP contribution in [-0.2, 0) is 4.79 Å². The standard InChI is InChI=1S/C14H22N4O2/c1-20-13-4-2-3-12(11-13)18-9-7-17(8-10-18)6-5-14(19)16-15/h2-4,11H,5-10,15H2,1H3,(H,16,19). The Kier molecular flexibility index (Phi) is 5.20. The van der Waals surface area contributed by atoms with Gasteiger partial charge in [0.05, 0.1) is 7.11 Å². The predicted molar refractivity (Wildman–Crippen MR) is 78.6 cm³/mol. The second-order valence-corrected chi connectivity index (χ2v) is 4.85. The molecular weight excluding hydrogens is 256 g/mol. The van der Waals surface area contributed by atoms with Gasteiger partial charge >= 0.3 is 0 Å². The van der Waals surface area contributed by atoms with Gasteiger partial charge in [-0.2, -0.15) is 0 Å². The molecule has 1 aromatic carbocycles. The molecule has 0 atom stereocenters. The van der Waals surface area contributed by atoms with Crippen molar-refractivity contribution in [3.05, 3.63) is 24.3 Å². The largest absolute Gasteiger partial charge is 0.497 e. The number of hydrogen-bond donors (Lipinski definition) is 2. The molecule has 1 heterocycles. The van der Waals surface area contributed by atoms with Crippen LogP contribution in [0, 0.1) is 0 Å². The second kappa shape index (κ2) is 7.12. The summed E-state index contributed by atoms with van der Waals surface area (Å²) in [4.78, 5) is 15.7. The highest BCUT2D eigenvalue weighted by atomic mass is 16.5. The lowest BCUT2D eigenvalue weighted by Gasteiger charge is -2.36. The Balaban J connectivity index is 1.83. The van der Waals surface area contributed by atoms with Gasteiger partial charge in [-0.05, 0) is 12.1 Å². The molecule has 20 heavy (non-hydrogen) atoms. The maximum Gasteiger partial charge on any atom is 0.235 e. The molecule has 0 unspecified atom stereocenters. The smallest absolute Gasteiger partial charge is 0.235 e. The van der Waals surface area contributed by atoms with Gasteiger partial charge in [-0.3, -0.25) is 15.1 Å². The number of methoxy groups -OCH3 is 1. The molecule has 1 saturated heterocycles. The Bertz CT molecular complexity index is 445. The fourth-order valence-corrected chi connectivity index (χ4v) is 2.37. The average Bonchev–Trinajstić information content (AvgIpc) is 2.53. The van der Waals surface area contributed by atoms with Crippen molar-refractivity contribution in [2.24, 2.45) is 5.84 Å². The topological polar surface area (TPSA) is 70.8 Å². The highest BCUT2D eigenvalue weighted by Gasteiger charge is 2.17. The Morgan fingerprint density at radius 2 is 2.10 bits per heavy atom. The molecule has 1 amide bonds. The molecule has 1 aromatic rings. The van der Waals surface area contributed by atoms with E-state index in [-0.39, 0.29) is 5.91 Å². The monoisotopic (exact) mass is 278 g/mol. The van der Waals surface area contributed by atoms with Gasteiger partial charge in [0, 0.05) is 50.9 Å². The zero-order chi connectivity index (χ0) is 14.4. The van der Waals surface area contributed by atoms with Crippen molar-refractivity contribution in [1.82, 2.24) is 10.3 Å². The minimum atomic E-state index is -0.111. The molecule has 0 radical (unpaired) electrons. The Morgan fingerprint density at radius 1 is 1.35 bits per heavy atom. The molecule has 110 valence electrons. The summed E-state index contributed by atoms with van der Waals surface area (Å²) in [6.45, 7) is 4.58. The van der Waals surface area contributed by atoms with Crippen molar-refractivity contribution in [2.45, 2.75) is 6.42 Å². The molecule has 0 aromatic heterocycles. The Morgan fingerprint density at radius 3 is 2.75 bits per heavy atom. The predicted octanol–water partition coefficient (Wildman–Crippen LogP) is 0.197. The van der Waals surface area contributed by atoms with Crippen LogP contribution in [-0.4, -0.2) is 50.6 Å². The quantitative estimate of drug-likeness (QED) is 0.457. The summed E-state index contributed by atoms with van der Waals surface area (Å²) in [5.74, 6) is 5.84. The van der Waals surface area contributed by atoms with Crippen molar-refractivity contribution < 1.29 is 9.53 Å². The number of piperazine rings is 1. The molecule has 6 nitrogen and oxygen atoms in total. The third-order valence-corrected chi connectivity index (χ3v) is 3.61. The van der Waals surface area contributed by atoms with Crippen molar-refractivity contribution in [2.75, 3.05) is 44.7 Å². The number of carbonyl (C=O) groups is 1. The molecule has 2 rings (SSSR count). The average molecular weight is 278 g/mol. The number of amides is 1. The van der Waals surface area contributed by atoms with E-state index in [2.05, 4.69) is 27.4 Å². The van der Waals surface area contributed by atoms with Crippen LogP contribution in [0.5, 0.6) is 5.75 Å². The van der Waals surface area contributed by atoms with Gasteiger partial charge in [0.2, 0.25) is 5.91 Å². The highest BCUT2D eigenvalue weighted by molar-refractivity contribution is 5.75. The molecule has 0 bridgehead atoms.